The van der Waals surface area contributed by atoms with Crippen LogP contribution in [0.25, 0.3) is 6.08 Å². The first-order valence-electron chi connectivity index (χ1n) is 9.13. The van der Waals surface area contributed by atoms with E-state index in [1.54, 1.807) is 0 Å². The first kappa shape index (κ1) is 16.1. The molecule has 0 bridgehead atoms. The van der Waals surface area contributed by atoms with Gasteiger partial charge in [0.25, 0.3) is 0 Å². The van der Waals surface area contributed by atoms with Crippen LogP contribution in [-0.4, -0.2) is 21.5 Å². The topological polar surface area (TPSA) is 23.6 Å². The van der Waals surface area contributed by atoms with E-state index < -0.39 is 0 Å². The maximum atomic E-state index is 12.9. The predicted octanol–water partition coefficient (Wildman–Crippen LogP) is 4.84. The molecule has 2 aliphatic heterocycles. The van der Waals surface area contributed by atoms with Crippen LogP contribution in [0.4, 0.5) is 0 Å². The Morgan fingerprint density at radius 2 is 1.96 bits per heavy atom. The number of benzene rings is 2. The van der Waals surface area contributed by atoms with Gasteiger partial charge in [-0.3, -0.25) is 4.79 Å². The molecule has 1 amide bonds. The molecule has 2 heterocycles. The van der Waals surface area contributed by atoms with Gasteiger partial charge in [0.15, 0.2) is 0 Å². The molecule has 2 atom stereocenters. The molecule has 0 saturated carbocycles. The average molecular weight is 365 g/mol. The number of amides is 1. The maximum absolute atomic E-state index is 12.9. The lowest BCUT2D eigenvalue weighted by atomic mass is 9.92. The molecule has 0 N–H and O–H groups in total. The monoisotopic (exact) mass is 364 g/mol. The van der Waals surface area contributed by atoms with Crippen molar-refractivity contribution in [2.45, 2.75) is 38.3 Å². The first-order chi connectivity index (χ1) is 12.5. The molecule has 4 heteroatoms. The van der Waals surface area contributed by atoms with Crippen molar-refractivity contribution in [2.24, 2.45) is 5.92 Å². The number of halogens is 1. The highest BCUT2D eigenvalue weighted by Gasteiger charge is 2.59. The number of hydrogen-bond donors (Lipinski definition) is 0. The normalized spacial score (nSPS) is 27.7. The molecule has 132 valence electrons. The molecular weight excluding hydrogens is 344 g/mol. The number of hydrogen-bond acceptors (Lipinski definition) is 2. The molecule has 2 aromatic rings. The fraction of sp³-hybridized carbons (Fsp3) is 0.318. The van der Waals surface area contributed by atoms with Crippen molar-refractivity contribution in [3.8, 4) is 0 Å². The Balaban J connectivity index is 1.68. The van der Waals surface area contributed by atoms with Crippen LogP contribution in [-0.2, 0) is 11.2 Å². The van der Waals surface area contributed by atoms with E-state index >= 15 is 0 Å². The highest BCUT2D eigenvalue weighted by Crippen LogP contribution is 2.57. The second kappa shape index (κ2) is 5.45. The molecule has 1 aliphatic carbocycles. The first-order valence-corrected chi connectivity index (χ1v) is 9.51. The van der Waals surface area contributed by atoms with Gasteiger partial charge in [0.05, 0.1) is 6.04 Å². The van der Waals surface area contributed by atoms with E-state index in [2.05, 4.69) is 49.2 Å². The largest absolute Gasteiger partial charge is 0.273 e. The van der Waals surface area contributed by atoms with Crippen LogP contribution < -0.4 is 0 Å². The van der Waals surface area contributed by atoms with Crippen molar-refractivity contribution in [3.05, 3.63) is 75.9 Å². The van der Waals surface area contributed by atoms with E-state index in [0.717, 1.165) is 17.7 Å². The van der Waals surface area contributed by atoms with Crippen LogP contribution in [0.15, 0.2) is 54.2 Å². The third-order valence-electron chi connectivity index (χ3n) is 5.90. The van der Waals surface area contributed by atoms with Crippen molar-refractivity contribution in [1.29, 1.82) is 0 Å². The summed E-state index contributed by atoms with van der Waals surface area (Å²) in [4.78, 5) is 12.9. The molecule has 0 radical (unpaired) electrons. The summed E-state index contributed by atoms with van der Waals surface area (Å²) in [7, 11) is 0. The molecule has 3 nitrogen and oxygen atoms in total. The van der Waals surface area contributed by atoms with Gasteiger partial charge in [-0.15, -0.1) is 0 Å². The van der Waals surface area contributed by atoms with Crippen LogP contribution in [0, 0.1) is 5.92 Å². The van der Waals surface area contributed by atoms with Crippen LogP contribution in [0.2, 0.25) is 5.02 Å². The third-order valence-corrected chi connectivity index (χ3v) is 6.14. The summed E-state index contributed by atoms with van der Waals surface area (Å²) in [6.07, 6.45) is 3.67. The van der Waals surface area contributed by atoms with Crippen molar-refractivity contribution in [2.75, 3.05) is 0 Å². The molecule has 2 saturated heterocycles. The van der Waals surface area contributed by atoms with Crippen LogP contribution in [0.5, 0.6) is 0 Å². The second-order valence-corrected chi connectivity index (χ2v) is 8.55. The highest BCUT2D eigenvalue weighted by molar-refractivity contribution is 6.30. The van der Waals surface area contributed by atoms with E-state index in [-0.39, 0.29) is 17.5 Å². The van der Waals surface area contributed by atoms with Gasteiger partial charge in [0, 0.05) is 28.6 Å². The summed E-state index contributed by atoms with van der Waals surface area (Å²) in [5.41, 5.74) is 4.72. The Bertz CT molecular complexity index is 949. The molecule has 3 aliphatic rings. The number of nitrogens with zero attached hydrogens (tertiary/aromatic N) is 2. The second-order valence-electron chi connectivity index (χ2n) is 8.12. The Kier molecular flexibility index (Phi) is 3.37. The molecule has 26 heavy (non-hydrogen) atoms. The number of carbonyl (C=O) groups excluding carboxylic acids is 1. The Hall–Kier alpha value is -2.10. The maximum Gasteiger partial charge on any atom is 0.243 e. The van der Waals surface area contributed by atoms with Gasteiger partial charge < -0.3 is 0 Å². The van der Waals surface area contributed by atoms with Gasteiger partial charge in [-0.2, -0.15) is 5.01 Å². The molecule has 2 unspecified atom stereocenters. The number of hydrazine groups is 1. The van der Waals surface area contributed by atoms with Gasteiger partial charge in [0.2, 0.25) is 5.91 Å². The minimum atomic E-state index is -0.179. The summed E-state index contributed by atoms with van der Waals surface area (Å²) >= 11 is 6.18. The smallest absolute Gasteiger partial charge is 0.243 e. The fourth-order valence-corrected chi connectivity index (χ4v) is 5.12. The van der Waals surface area contributed by atoms with Gasteiger partial charge in [0.1, 0.15) is 0 Å². The number of carbonyl (C=O) groups is 1. The zero-order chi connectivity index (χ0) is 18.1. The lowest BCUT2D eigenvalue weighted by molar-refractivity contribution is -0.134. The van der Waals surface area contributed by atoms with Gasteiger partial charge in [-0.25, -0.2) is 5.01 Å². The summed E-state index contributed by atoms with van der Waals surface area (Å²) in [6, 6.07) is 16.7. The predicted molar refractivity (Wildman–Crippen MR) is 103 cm³/mol. The molecule has 0 aromatic heterocycles. The van der Waals surface area contributed by atoms with Gasteiger partial charge in [-0.05, 0) is 55.2 Å². The quantitative estimate of drug-likeness (QED) is 0.723. The van der Waals surface area contributed by atoms with Crippen molar-refractivity contribution >= 4 is 23.6 Å². The third kappa shape index (κ3) is 2.20. The molecule has 2 fully saturated rings. The zero-order valence-electron chi connectivity index (χ0n) is 14.9. The summed E-state index contributed by atoms with van der Waals surface area (Å²) < 4.78 is 0. The summed E-state index contributed by atoms with van der Waals surface area (Å²) in [6.45, 7) is 4.34. The van der Waals surface area contributed by atoms with Crippen LogP contribution in [0.1, 0.15) is 43.0 Å². The standard InChI is InChI=1S/C22H21ClN2O/c1-22(2)13-20(26)24-19(11-14-6-5-8-16(23)10-14)18-12-15-7-3-4-9-17(15)21(18)25(22)24/h3-11,18,21H,12-13H2,1-2H3/b19-11+. The number of rotatable bonds is 1. The Morgan fingerprint density at radius 3 is 2.77 bits per heavy atom. The van der Waals surface area contributed by atoms with E-state index in [1.165, 1.54) is 11.1 Å². The summed E-state index contributed by atoms with van der Waals surface area (Å²) in [5, 5.41) is 4.99. The van der Waals surface area contributed by atoms with E-state index in [4.69, 9.17) is 11.6 Å². The Morgan fingerprint density at radius 1 is 1.15 bits per heavy atom. The minimum Gasteiger partial charge on any atom is -0.273 e. The fourth-order valence-electron chi connectivity index (χ4n) is 4.92. The van der Waals surface area contributed by atoms with Gasteiger partial charge >= 0.3 is 0 Å². The van der Waals surface area contributed by atoms with E-state index in [0.29, 0.717) is 17.4 Å². The van der Waals surface area contributed by atoms with Crippen molar-refractivity contribution in [3.63, 3.8) is 0 Å². The van der Waals surface area contributed by atoms with Crippen LogP contribution >= 0.6 is 11.6 Å². The van der Waals surface area contributed by atoms with E-state index in [9.17, 15) is 4.79 Å². The van der Waals surface area contributed by atoms with Crippen LogP contribution in [0.3, 0.4) is 0 Å². The van der Waals surface area contributed by atoms with Gasteiger partial charge in [-0.1, -0.05) is 48.0 Å². The minimum absolute atomic E-state index is 0.179. The average Bonchev–Trinajstić information content (AvgIpc) is 3.17. The summed E-state index contributed by atoms with van der Waals surface area (Å²) in [5.74, 6) is 0.491. The highest BCUT2D eigenvalue weighted by atomic mass is 35.5. The zero-order valence-corrected chi connectivity index (χ0v) is 15.7. The van der Waals surface area contributed by atoms with E-state index in [1.807, 2.05) is 29.3 Å². The SMILES string of the molecule is CC1(C)CC(=O)N2/C(=C/c3cccc(Cl)c3)C3Cc4ccccc4C3N21. The molecule has 2 aromatic carbocycles. The lowest BCUT2D eigenvalue weighted by Gasteiger charge is -2.35. The lowest BCUT2D eigenvalue weighted by Crippen LogP contribution is -2.43. The van der Waals surface area contributed by atoms with Crippen molar-refractivity contribution < 1.29 is 4.79 Å². The molecular formula is C22H21ClN2O. The van der Waals surface area contributed by atoms with Crippen molar-refractivity contribution in [1.82, 2.24) is 10.0 Å². The number of fused-ring (bicyclic) bond motifs is 5. The Labute approximate surface area is 158 Å². The molecule has 5 rings (SSSR count). The molecule has 0 spiro atoms.